The molecule has 1 saturated carbocycles. The molecule has 0 amide bonds. The third-order valence-electron chi connectivity index (χ3n) is 3.13. The van der Waals surface area contributed by atoms with Crippen molar-refractivity contribution in [2.24, 2.45) is 0 Å². The van der Waals surface area contributed by atoms with Crippen molar-refractivity contribution in [2.45, 2.75) is 31.1 Å². The van der Waals surface area contributed by atoms with Gasteiger partial charge in [0.2, 0.25) is 0 Å². The minimum Gasteiger partial charge on any atom is -0.481 e. The maximum Gasteiger partial charge on any atom is 0.304 e. The van der Waals surface area contributed by atoms with E-state index in [1.54, 1.807) is 6.20 Å². The lowest BCUT2D eigenvalue weighted by molar-refractivity contribution is -0.139. The monoisotopic (exact) mass is 225 g/mol. The summed E-state index contributed by atoms with van der Waals surface area (Å²) in [6.45, 7) is 0. The van der Waals surface area contributed by atoms with Gasteiger partial charge < -0.3 is 5.11 Å². The molecular weight excluding hydrogens is 214 g/mol. The zero-order chi connectivity index (χ0) is 10.9. The molecule has 1 fully saturated rings. The van der Waals surface area contributed by atoms with E-state index in [-0.39, 0.29) is 11.8 Å². The lowest BCUT2D eigenvalue weighted by atomic mass is 9.63. The molecule has 0 saturated heterocycles. The van der Waals surface area contributed by atoms with E-state index >= 15 is 0 Å². The zero-order valence-electron chi connectivity index (χ0n) is 8.24. The highest BCUT2D eigenvalue weighted by atomic mass is 35.5. The van der Waals surface area contributed by atoms with Gasteiger partial charge in [-0.3, -0.25) is 4.79 Å². The number of pyridine rings is 1. The first-order chi connectivity index (χ1) is 7.14. The summed E-state index contributed by atoms with van der Waals surface area (Å²) in [6.07, 6.45) is 4.63. The third kappa shape index (κ3) is 1.84. The SMILES string of the molecule is O=C(O)CC1(c2cccnc2Cl)CCC1. The van der Waals surface area contributed by atoms with E-state index in [4.69, 9.17) is 16.7 Å². The fourth-order valence-electron chi connectivity index (χ4n) is 2.22. The molecule has 1 aliphatic carbocycles. The number of aliphatic carboxylic acids is 1. The second-order valence-corrected chi connectivity index (χ2v) is 4.40. The van der Waals surface area contributed by atoms with Gasteiger partial charge in [-0.25, -0.2) is 4.98 Å². The van der Waals surface area contributed by atoms with E-state index < -0.39 is 5.97 Å². The molecule has 0 unspecified atom stereocenters. The summed E-state index contributed by atoms with van der Waals surface area (Å²) >= 11 is 6.00. The largest absolute Gasteiger partial charge is 0.481 e. The van der Waals surface area contributed by atoms with Crippen molar-refractivity contribution in [1.29, 1.82) is 0 Å². The highest BCUT2D eigenvalue weighted by Crippen LogP contribution is 2.48. The molecule has 15 heavy (non-hydrogen) atoms. The molecule has 0 bridgehead atoms. The Morgan fingerprint density at radius 2 is 2.33 bits per heavy atom. The lowest BCUT2D eigenvalue weighted by Crippen LogP contribution is -2.37. The van der Waals surface area contributed by atoms with Gasteiger partial charge in [0.1, 0.15) is 5.15 Å². The predicted octanol–water partition coefficient (Wildman–Crippen LogP) is 2.63. The Kier molecular flexibility index (Phi) is 2.65. The van der Waals surface area contributed by atoms with Crippen LogP contribution in [0, 0.1) is 0 Å². The molecule has 1 aromatic rings. The molecule has 0 aliphatic heterocycles. The fourth-order valence-corrected chi connectivity index (χ4v) is 2.54. The summed E-state index contributed by atoms with van der Waals surface area (Å²) < 4.78 is 0. The van der Waals surface area contributed by atoms with Crippen molar-refractivity contribution in [3.8, 4) is 0 Å². The second-order valence-electron chi connectivity index (χ2n) is 4.05. The van der Waals surface area contributed by atoms with E-state index in [0.717, 1.165) is 24.8 Å². The first-order valence-electron chi connectivity index (χ1n) is 4.97. The van der Waals surface area contributed by atoms with Crippen LogP contribution in [-0.2, 0) is 10.2 Å². The van der Waals surface area contributed by atoms with Gasteiger partial charge in [-0.1, -0.05) is 24.1 Å². The Bertz CT molecular complexity index is 388. The van der Waals surface area contributed by atoms with Crippen molar-refractivity contribution < 1.29 is 9.90 Å². The molecule has 1 heterocycles. The number of hydrogen-bond donors (Lipinski definition) is 1. The molecule has 1 aliphatic rings. The smallest absolute Gasteiger partial charge is 0.304 e. The quantitative estimate of drug-likeness (QED) is 0.805. The molecule has 2 rings (SSSR count). The molecular formula is C11H12ClNO2. The number of nitrogens with zero attached hydrogens (tertiary/aromatic N) is 1. The topological polar surface area (TPSA) is 50.2 Å². The van der Waals surface area contributed by atoms with Gasteiger partial charge >= 0.3 is 5.97 Å². The first-order valence-corrected chi connectivity index (χ1v) is 5.35. The van der Waals surface area contributed by atoms with Crippen molar-refractivity contribution in [3.63, 3.8) is 0 Å². The molecule has 0 spiro atoms. The predicted molar refractivity (Wildman–Crippen MR) is 57.0 cm³/mol. The fraction of sp³-hybridized carbons (Fsp3) is 0.455. The summed E-state index contributed by atoms with van der Waals surface area (Å²) in [7, 11) is 0. The molecule has 0 atom stereocenters. The van der Waals surface area contributed by atoms with Crippen LogP contribution in [0.5, 0.6) is 0 Å². The average Bonchev–Trinajstić information content (AvgIpc) is 2.12. The summed E-state index contributed by atoms with van der Waals surface area (Å²) in [5.74, 6) is -0.769. The van der Waals surface area contributed by atoms with Gasteiger partial charge in [-0.2, -0.15) is 0 Å². The molecule has 3 nitrogen and oxygen atoms in total. The summed E-state index contributed by atoms with van der Waals surface area (Å²) in [5.41, 5.74) is 0.622. The van der Waals surface area contributed by atoms with Crippen LogP contribution in [0.4, 0.5) is 0 Å². The minimum absolute atomic E-state index is 0.151. The average molecular weight is 226 g/mol. The van der Waals surface area contributed by atoms with Crippen molar-refractivity contribution >= 4 is 17.6 Å². The summed E-state index contributed by atoms with van der Waals surface area (Å²) in [4.78, 5) is 14.8. The van der Waals surface area contributed by atoms with E-state index in [1.165, 1.54) is 0 Å². The van der Waals surface area contributed by atoms with Crippen LogP contribution in [0.15, 0.2) is 18.3 Å². The van der Waals surface area contributed by atoms with E-state index in [2.05, 4.69) is 4.98 Å². The number of carboxylic acid groups (broad SMARTS) is 1. The Morgan fingerprint density at radius 3 is 2.80 bits per heavy atom. The Hall–Kier alpha value is -1.09. The van der Waals surface area contributed by atoms with Gasteiger partial charge in [0, 0.05) is 11.6 Å². The van der Waals surface area contributed by atoms with Crippen LogP contribution in [0.3, 0.4) is 0 Å². The standard InChI is InChI=1S/C11H12ClNO2/c12-10-8(3-1-6-13-10)11(4-2-5-11)7-9(14)15/h1,3,6H,2,4-5,7H2,(H,14,15). The Labute approximate surface area is 93.1 Å². The molecule has 4 heteroatoms. The maximum absolute atomic E-state index is 10.8. The van der Waals surface area contributed by atoms with Crippen LogP contribution in [0.25, 0.3) is 0 Å². The van der Waals surface area contributed by atoms with Gasteiger partial charge in [0.05, 0.1) is 6.42 Å². The van der Waals surface area contributed by atoms with Crippen LogP contribution < -0.4 is 0 Å². The number of carbonyl (C=O) groups is 1. The first kappa shape index (κ1) is 10.4. The van der Waals surface area contributed by atoms with Crippen molar-refractivity contribution in [2.75, 3.05) is 0 Å². The van der Waals surface area contributed by atoms with E-state index in [1.807, 2.05) is 12.1 Å². The zero-order valence-corrected chi connectivity index (χ0v) is 9.00. The maximum atomic E-state index is 10.8. The molecule has 0 radical (unpaired) electrons. The van der Waals surface area contributed by atoms with Gasteiger partial charge in [0.15, 0.2) is 0 Å². The van der Waals surface area contributed by atoms with Crippen LogP contribution in [-0.4, -0.2) is 16.1 Å². The number of hydrogen-bond acceptors (Lipinski definition) is 2. The van der Waals surface area contributed by atoms with E-state index in [0.29, 0.717) is 5.15 Å². The van der Waals surface area contributed by atoms with Gasteiger partial charge in [-0.15, -0.1) is 0 Å². The number of rotatable bonds is 3. The lowest BCUT2D eigenvalue weighted by Gasteiger charge is -2.41. The Balaban J connectivity index is 2.34. The number of aromatic nitrogens is 1. The van der Waals surface area contributed by atoms with Crippen LogP contribution in [0.2, 0.25) is 5.15 Å². The van der Waals surface area contributed by atoms with Crippen molar-refractivity contribution in [1.82, 2.24) is 4.98 Å². The second kappa shape index (κ2) is 3.81. The van der Waals surface area contributed by atoms with Crippen LogP contribution >= 0.6 is 11.6 Å². The minimum atomic E-state index is -0.769. The summed E-state index contributed by atoms with van der Waals surface area (Å²) in [5, 5.41) is 9.35. The van der Waals surface area contributed by atoms with E-state index in [9.17, 15) is 4.79 Å². The number of carboxylic acids is 1. The highest BCUT2D eigenvalue weighted by Gasteiger charge is 2.42. The molecule has 0 aromatic carbocycles. The third-order valence-corrected chi connectivity index (χ3v) is 3.43. The van der Waals surface area contributed by atoms with Gasteiger partial charge in [-0.05, 0) is 24.5 Å². The summed E-state index contributed by atoms with van der Waals surface area (Å²) in [6, 6.07) is 3.70. The van der Waals surface area contributed by atoms with Crippen LogP contribution in [0.1, 0.15) is 31.2 Å². The van der Waals surface area contributed by atoms with Gasteiger partial charge in [0.25, 0.3) is 0 Å². The Morgan fingerprint density at radius 1 is 1.60 bits per heavy atom. The molecule has 1 N–H and O–H groups in total. The highest BCUT2D eigenvalue weighted by molar-refractivity contribution is 6.30. The number of halogens is 1. The molecule has 80 valence electrons. The molecule has 1 aromatic heterocycles. The normalized spacial score (nSPS) is 18.2. The van der Waals surface area contributed by atoms with Crippen molar-refractivity contribution in [3.05, 3.63) is 29.0 Å².